The zero-order chi connectivity index (χ0) is 31.3. The molecular formula is C25H28F7N3O5S2. The fourth-order valence-corrected chi connectivity index (χ4v) is 8.02. The molecule has 3 atom stereocenters. The second kappa shape index (κ2) is 11.5. The SMILES string of the molecule is C[C@H]1C2=CNN(c3ccc(F)cc3)C2=CC2=C1[C@@H](CN(C[C@H](C)OS(=O)(=O)CC(F)(F)F)S(=O)(=O)CC(F)(F)F)CC2. The van der Waals surface area contributed by atoms with Gasteiger partial charge in [-0.15, -0.1) is 0 Å². The number of hydrogen-bond acceptors (Lipinski definition) is 7. The van der Waals surface area contributed by atoms with Crippen molar-refractivity contribution in [3.63, 3.8) is 0 Å². The van der Waals surface area contributed by atoms with E-state index in [-0.39, 0.29) is 5.92 Å². The lowest BCUT2D eigenvalue weighted by molar-refractivity contribution is -0.109. The normalized spacial score (nSPS) is 22.1. The minimum absolute atomic E-state index is 0.293. The molecule has 1 heterocycles. The lowest BCUT2D eigenvalue weighted by Gasteiger charge is -2.32. The highest BCUT2D eigenvalue weighted by atomic mass is 32.2. The summed E-state index contributed by atoms with van der Waals surface area (Å²) in [5.41, 5.74) is 6.96. The van der Waals surface area contributed by atoms with Crippen LogP contribution in [0, 0.1) is 17.7 Å². The third-order valence-electron chi connectivity index (χ3n) is 7.06. The van der Waals surface area contributed by atoms with Gasteiger partial charge in [0.05, 0.1) is 17.5 Å². The molecule has 0 amide bonds. The first kappa shape index (κ1) is 32.3. The van der Waals surface area contributed by atoms with Crippen molar-refractivity contribution in [1.29, 1.82) is 0 Å². The Labute approximate surface area is 238 Å². The molecule has 0 radical (unpaired) electrons. The summed E-state index contributed by atoms with van der Waals surface area (Å²) >= 11 is 0. The number of sulfonamides is 1. The molecule has 0 bridgehead atoms. The van der Waals surface area contributed by atoms with Crippen molar-refractivity contribution < 1.29 is 51.8 Å². The van der Waals surface area contributed by atoms with Gasteiger partial charge in [0, 0.05) is 30.8 Å². The quantitative estimate of drug-likeness (QED) is 0.289. The Morgan fingerprint density at radius 1 is 1.05 bits per heavy atom. The Bertz CT molecular complexity index is 1500. The average molecular weight is 648 g/mol. The predicted molar refractivity (Wildman–Crippen MR) is 139 cm³/mol. The number of fused-ring (bicyclic) bond motifs is 1. The van der Waals surface area contributed by atoms with Gasteiger partial charge in [0.15, 0.2) is 11.5 Å². The van der Waals surface area contributed by atoms with Gasteiger partial charge < -0.3 is 5.43 Å². The fourth-order valence-electron chi connectivity index (χ4n) is 5.55. The molecule has 1 aromatic rings. The molecule has 0 fully saturated rings. The molecule has 0 aromatic heterocycles. The Morgan fingerprint density at radius 2 is 1.67 bits per heavy atom. The van der Waals surface area contributed by atoms with Crippen molar-refractivity contribution >= 4 is 25.8 Å². The minimum Gasteiger partial charge on any atom is -0.301 e. The minimum atomic E-state index is -5.19. The van der Waals surface area contributed by atoms with Crippen molar-refractivity contribution in [3.8, 4) is 0 Å². The summed E-state index contributed by atoms with van der Waals surface area (Å²) < 4.78 is 145. The van der Waals surface area contributed by atoms with Crippen molar-refractivity contribution in [2.45, 2.75) is 45.1 Å². The van der Waals surface area contributed by atoms with Gasteiger partial charge in [-0.2, -0.15) is 39.1 Å². The van der Waals surface area contributed by atoms with Gasteiger partial charge in [0.2, 0.25) is 10.0 Å². The van der Waals surface area contributed by atoms with E-state index in [1.165, 1.54) is 12.1 Å². The highest BCUT2D eigenvalue weighted by molar-refractivity contribution is 7.89. The Morgan fingerprint density at radius 3 is 2.26 bits per heavy atom. The van der Waals surface area contributed by atoms with E-state index in [0.717, 1.165) is 29.3 Å². The van der Waals surface area contributed by atoms with Crippen molar-refractivity contribution in [3.05, 3.63) is 64.8 Å². The molecular weight excluding hydrogens is 619 g/mol. The van der Waals surface area contributed by atoms with Crippen molar-refractivity contribution in [2.75, 3.05) is 29.6 Å². The molecule has 42 heavy (non-hydrogen) atoms. The summed E-state index contributed by atoms with van der Waals surface area (Å²) in [5, 5.41) is 1.74. The predicted octanol–water partition coefficient (Wildman–Crippen LogP) is 4.77. The summed E-state index contributed by atoms with van der Waals surface area (Å²) in [6.45, 7) is 1.46. The molecule has 1 N–H and O–H groups in total. The summed E-state index contributed by atoms with van der Waals surface area (Å²) in [7, 11) is -10.3. The Hall–Kier alpha value is -2.63. The van der Waals surface area contributed by atoms with Crippen LogP contribution in [-0.4, -0.2) is 64.2 Å². The zero-order valence-electron chi connectivity index (χ0n) is 22.3. The standard InChI is InChI=1S/C25H28F7N3O5S2/c1-15(40-42(38,39)14-25(30,31)32)11-34(41(36,37)13-24(27,28)29)12-18-4-3-17-9-22-21(16(2)23(17)18)10-33-35(22)20-7-5-19(26)6-8-20/h5-10,15-16,18,33H,3-4,11-14H2,1-2H3/t15-,16-,18+/m0/s1. The van der Waals surface area contributed by atoms with Crippen LogP contribution < -0.4 is 10.4 Å². The third-order valence-corrected chi connectivity index (χ3v) is 10.1. The first-order valence-corrected chi connectivity index (χ1v) is 15.9. The topological polar surface area (TPSA) is 96.0 Å². The van der Waals surface area contributed by atoms with Crippen LogP contribution in [0.4, 0.5) is 36.4 Å². The van der Waals surface area contributed by atoms with Crippen LogP contribution in [-0.2, 0) is 24.3 Å². The van der Waals surface area contributed by atoms with Crippen molar-refractivity contribution in [1.82, 2.24) is 9.73 Å². The van der Waals surface area contributed by atoms with E-state index >= 15 is 0 Å². The largest absolute Gasteiger partial charge is 0.405 e. The van der Waals surface area contributed by atoms with Crippen LogP contribution >= 0.6 is 0 Å². The smallest absolute Gasteiger partial charge is 0.301 e. The molecule has 0 saturated heterocycles. The van der Waals surface area contributed by atoms with E-state index < -0.39 is 74.9 Å². The number of anilines is 1. The van der Waals surface area contributed by atoms with Gasteiger partial charge in [-0.05, 0) is 61.6 Å². The molecule has 1 aromatic carbocycles. The molecule has 2 aliphatic carbocycles. The Balaban J connectivity index is 1.59. The lowest BCUT2D eigenvalue weighted by Crippen LogP contribution is -2.45. The van der Waals surface area contributed by atoms with Gasteiger partial charge >= 0.3 is 12.4 Å². The van der Waals surface area contributed by atoms with Crippen LogP contribution in [0.3, 0.4) is 0 Å². The molecule has 17 heteroatoms. The first-order chi connectivity index (χ1) is 19.2. The van der Waals surface area contributed by atoms with Gasteiger partial charge in [0.25, 0.3) is 10.1 Å². The van der Waals surface area contributed by atoms with E-state index in [2.05, 4.69) is 9.61 Å². The number of alkyl halides is 6. The second-order valence-corrected chi connectivity index (χ2v) is 14.0. The highest BCUT2D eigenvalue weighted by Gasteiger charge is 2.44. The summed E-state index contributed by atoms with van der Waals surface area (Å²) in [6, 6.07) is 5.75. The lowest BCUT2D eigenvalue weighted by atomic mass is 9.80. The van der Waals surface area contributed by atoms with E-state index in [1.54, 1.807) is 23.3 Å². The summed E-state index contributed by atoms with van der Waals surface area (Å²) in [5.74, 6) is -5.83. The summed E-state index contributed by atoms with van der Waals surface area (Å²) in [6.07, 6.45) is -7.52. The van der Waals surface area contributed by atoms with Gasteiger partial charge in [0.1, 0.15) is 5.82 Å². The second-order valence-electron chi connectivity index (χ2n) is 10.4. The molecule has 234 valence electrons. The number of rotatable bonds is 10. The molecule has 0 unspecified atom stereocenters. The van der Waals surface area contributed by atoms with Crippen molar-refractivity contribution in [2.24, 2.45) is 11.8 Å². The van der Waals surface area contributed by atoms with Crippen LogP contribution in [0.1, 0.15) is 26.7 Å². The van der Waals surface area contributed by atoms with E-state index in [1.807, 2.05) is 13.0 Å². The number of benzene rings is 1. The number of nitrogens with zero attached hydrogens (tertiary/aromatic N) is 2. The molecule has 0 saturated carbocycles. The van der Waals surface area contributed by atoms with Crippen LogP contribution in [0.25, 0.3) is 0 Å². The number of hydrazine groups is 1. The van der Waals surface area contributed by atoms with Gasteiger partial charge in [-0.3, -0.25) is 9.19 Å². The van der Waals surface area contributed by atoms with Crippen LogP contribution in [0.15, 0.2) is 59.0 Å². The maximum Gasteiger partial charge on any atom is 0.405 e. The van der Waals surface area contributed by atoms with E-state index in [9.17, 15) is 47.6 Å². The third kappa shape index (κ3) is 7.65. The molecule has 0 spiro atoms. The first-order valence-electron chi connectivity index (χ1n) is 12.7. The maximum absolute atomic E-state index is 13.4. The highest BCUT2D eigenvalue weighted by Crippen LogP contribution is 2.48. The fraction of sp³-hybridized carbons (Fsp3) is 0.520. The van der Waals surface area contributed by atoms with E-state index in [4.69, 9.17) is 0 Å². The average Bonchev–Trinajstić information content (AvgIpc) is 3.40. The molecule has 8 nitrogen and oxygen atoms in total. The number of halogens is 7. The monoisotopic (exact) mass is 647 g/mol. The molecule has 4 rings (SSSR count). The van der Waals surface area contributed by atoms with Gasteiger partial charge in [-0.1, -0.05) is 12.5 Å². The maximum atomic E-state index is 13.4. The zero-order valence-corrected chi connectivity index (χ0v) is 24.0. The summed E-state index contributed by atoms with van der Waals surface area (Å²) in [4.78, 5) is 0. The number of hydrogen-bond donors (Lipinski definition) is 1. The Kier molecular flexibility index (Phi) is 8.81. The van der Waals surface area contributed by atoms with Gasteiger partial charge in [-0.25, -0.2) is 12.8 Å². The van der Waals surface area contributed by atoms with Crippen LogP contribution in [0.5, 0.6) is 0 Å². The molecule has 1 aliphatic heterocycles. The molecule has 3 aliphatic rings. The number of nitrogens with one attached hydrogen (secondary N) is 1. The van der Waals surface area contributed by atoms with E-state index in [0.29, 0.717) is 22.8 Å². The van der Waals surface area contributed by atoms with Crippen LogP contribution in [0.2, 0.25) is 0 Å². The number of allylic oxidation sites excluding steroid dienone is 3.